The van der Waals surface area contributed by atoms with E-state index in [2.05, 4.69) is 10.6 Å². The monoisotopic (exact) mass is 330 g/mol. The van der Waals surface area contributed by atoms with E-state index in [9.17, 15) is 9.59 Å². The Morgan fingerprint density at radius 2 is 2.00 bits per heavy atom. The number of nitrogens with one attached hydrogen (secondary N) is 2. The van der Waals surface area contributed by atoms with Crippen molar-refractivity contribution in [3.63, 3.8) is 0 Å². The lowest BCUT2D eigenvalue weighted by Gasteiger charge is -2.16. The summed E-state index contributed by atoms with van der Waals surface area (Å²) >= 11 is 11.9. The predicted molar refractivity (Wildman–Crippen MR) is 81.6 cm³/mol. The molecule has 1 aromatic carbocycles. The molecule has 21 heavy (non-hydrogen) atoms. The Labute approximate surface area is 132 Å². The number of carbonyl (C=O) groups excluding carboxylic acids is 2. The van der Waals surface area contributed by atoms with Crippen LogP contribution in [-0.4, -0.2) is 32.1 Å². The van der Waals surface area contributed by atoms with Gasteiger partial charge in [0.15, 0.2) is 0 Å². The van der Waals surface area contributed by atoms with Crippen molar-refractivity contribution in [3.8, 4) is 0 Å². The van der Waals surface area contributed by atoms with Gasteiger partial charge in [-0.2, -0.15) is 0 Å². The third-order valence-corrected chi connectivity index (χ3v) is 3.95. The van der Waals surface area contributed by atoms with E-state index in [1.807, 2.05) is 0 Å². The number of halogens is 2. The first-order chi connectivity index (χ1) is 9.99. The third-order valence-electron chi connectivity index (χ3n) is 3.39. The molecule has 0 saturated heterocycles. The molecule has 1 aromatic rings. The van der Waals surface area contributed by atoms with Crippen molar-refractivity contribution in [1.82, 2.24) is 5.32 Å². The standard InChI is InChI=1S/C14H16Cl2N2O3/c1-21-7-6-17-12(19)14(4-5-14)13(20)18-11-8-9(15)2-3-10(11)16/h2-3,8H,4-7H2,1H3,(H,17,19)(H,18,20). The normalized spacial score (nSPS) is 15.4. The van der Waals surface area contributed by atoms with Gasteiger partial charge in [-0.3, -0.25) is 9.59 Å². The molecule has 0 heterocycles. The number of amides is 2. The van der Waals surface area contributed by atoms with Crippen molar-refractivity contribution >= 4 is 40.7 Å². The molecule has 1 aliphatic carbocycles. The molecule has 1 aliphatic rings. The maximum absolute atomic E-state index is 12.3. The van der Waals surface area contributed by atoms with Crippen molar-refractivity contribution in [3.05, 3.63) is 28.2 Å². The van der Waals surface area contributed by atoms with Crippen molar-refractivity contribution < 1.29 is 14.3 Å². The van der Waals surface area contributed by atoms with Gasteiger partial charge in [-0.1, -0.05) is 23.2 Å². The second-order valence-electron chi connectivity index (χ2n) is 4.91. The van der Waals surface area contributed by atoms with E-state index in [-0.39, 0.29) is 11.8 Å². The lowest BCUT2D eigenvalue weighted by molar-refractivity contribution is -0.134. The summed E-state index contributed by atoms with van der Waals surface area (Å²) < 4.78 is 4.86. The Morgan fingerprint density at radius 3 is 2.62 bits per heavy atom. The van der Waals surface area contributed by atoms with Gasteiger partial charge in [-0.15, -0.1) is 0 Å². The summed E-state index contributed by atoms with van der Waals surface area (Å²) in [5.74, 6) is -0.642. The van der Waals surface area contributed by atoms with Gasteiger partial charge in [0, 0.05) is 18.7 Å². The molecule has 2 amide bonds. The average Bonchev–Trinajstić information content (AvgIpc) is 3.24. The van der Waals surface area contributed by atoms with E-state index < -0.39 is 5.41 Å². The molecule has 0 unspecified atom stereocenters. The van der Waals surface area contributed by atoms with Gasteiger partial charge in [-0.25, -0.2) is 0 Å². The zero-order valence-electron chi connectivity index (χ0n) is 11.5. The predicted octanol–water partition coefficient (Wildman–Crippen LogP) is 2.47. The number of ether oxygens (including phenoxy) is 1. The summed E-state index contributed by atoms with van der Waals surface area (Å²) in [4.78, 5) is 24.4. The second-order valence-corrected chi connectivity index (χ2v) is 5.75. The van der Waals surface area contributed by atoms with Crippen LogP contribution < -0.4 is 10.6 Å². The highest BCUT2D eigenvalue weighted by Crippen LogP contribution is 2.47. The highest BCUT2D eigenvalue weighted by atomic mass is 35.5. The summed E-state index contributed by atoms with van der Waals surface area (Å²) in [6.45, 7) is 0.784. The van der Waals surface area contributed by atoms with Crippen LogP contribution in [0.1, 0.15) is 12.8 Å². The van der Waals surface area contributed by atoms with Crippen molar-refractivity contribution in [1.29, 1.82) is 0 Å². The quantitative estimate of drug-likeness (QED) is 0.622. The first kappa shape index (κ1) is 16.1. The first-order valence-electron chi connectivity index (χ1n) is 6.53. The first-order valence-corrected chi connectivity index (χ1v) is 7.29. The zero-order valence-corrected chi connectivity index (χ0v) is 13.1. The lowest BCUT2D eigenvalue weighted by Crippen LogP contribution is -2.41. The Morgan fingerprint density at radius 1 is 1.29 bits per heavy atom. The number of hydrogen-bond donors (Lipinski definition) is 2. The molecular formula is C14H16Cl2N2O3. The van der Waals surface area contributed by atoms with Crippen LogP contribution >= 0.6 is 23.2 Å². The molecule has 0 spiro atoms. The summed E-state index contributed by atoms with van der Waals surface area (Å²) in [5.41, 5.74) is -0.593. The number of anilines is 1. The van der Waals surface area contributed by atoms with Gasteiger partial charge < -0.3 is 15.4 Å². The lowest BCUT2D eigenvalue weighted by atomic mass is 10.1. The SMILES string of the molecule is COCCNC(=O)C1(C(=O)Nc2cc(Cl)ccc2Cl)CC1. The van der Waals surface area contributed by atoms with Gasteiger partial charge in [-0.05, 0) is 31.0 Å². The fraction of sp³-hybridized carbons (Fsp3) is 0.429. The van der Waals surface area contributed by atoms with Gasteiger partial charge in [0.2, 0.25) is 11.8 Å². The number of hydrogen-bond acceptors (Lipinski definition) is 3. The van der Waals surface area contributed by atoms with E-state index in [4.69, 9.17) is 27.9 Å². The minimum Gasteiger partial charge on any atom is -0.383 e. The molecule has 2 N–H and O–H groups in total. The Balaban J connectivity index is 2.02. The van der Waals surface area contributed by atoms with Crippen molar-refractivity contribution in [2.24, 2.45) is 5.41 Å². The number of methoxy groups -OCH3 is 1. The minimum absolute atomic E-state index is 0.282. The Bertz CT molecular complexity index is 559. The molecule has 1 saturated carbocycles. The Hall–Kier alpha value is -1.30. The van der Waals surface area contributed by atoms with Gasteiger partial charge in [0.25, 0.3) is 0 Å². The molecule has 7 heteroatoms. The van der Waals surface area contributed by atoms with Crippen LogP contribution in [0.15, 0.2) is 18.2 Å². The summed E-state index contributed by atoms with van der Waals surface area (Å²) in [7, 11) is 1.55. The molecule has 0 aliphatic heterocycles. The molecule has 0 atom stereocenters. The van der Waals surface area contributed by atoms with Crippen LogP contribution in [-0.2, 0) is 14.3 Å². The average molecular weight is 331 g/mol. The molecule has 0 aromatic heterocycles. The molecule has 114 valence electrons. The molecular weight excluding hydrogens is 315 g/mol. The van der Waals surface area contributed by atoms with Crippen molar-refractivity contribution in [2.45, 2.75) is 12.8 Å². The zero-order chi connectivity index (χ0) is 15.5. The minimum atomic E-state index is -1.00. The van der Waals surface area contributed by atoms with Crippen LogP contribution in [0.25, 0.3) is 0 Å². The molecule has 1 fully saturated rings. The van der Waals surface area contributed by atoms with Gasteiger partial charge >= 0.3 is 0 Å². The summed E-state index contributed by atoms with van der Waals surface area (Å²) in [6.07, 6.45) is 1.05. The van der Waals surface area contributed by atoms with Crippen LogP contribution in [0.2, 0.25) is 10.0 Å². The third kappa shape index (κ3) is 3.67. The van der Waals surface area contributed by atoms with Crippen LogP contribution in [0, 0.1) is 5.41 Å². The summed E-state index contributed by atoms with van der Waals surface area (Å²) in [6, 6.07) is 4.78. The van der Waals surface area contributed by atoms with E-state index in [0.717, 1.165) is 0 Å². The highest BCUT2D eigenvalue weighted by Gasteiger charge is 2.56. The largest absolute Gasteiger partial charge is 0.383 e. The number of benzene rings is 1. The molecule has 5 nitrogen and oxygen atoms in total. The molecule has 0 radical (unpaired) electrons. The fourth-order valence-corrected chi connectivity index (χ4v) is 2.29. The number of rotatable bonds is 6. The highest BCUT2D eigenvalue weighted by molar-refractivity contribution is 6.36. The number of carbonyl (C=O) groups is 2. The van der Waals surface area contributed by atoms with Crippen LogP contribution in [0.5, 0.6) is 0 Å². The molecule has 2 rings (SSSR count). The summed E-state index contributed by atoms with van der Waals surface area (Å²) in [5, 5.41) is 6.21. The fourth-order valence-electron chi connectivity index (χ4n) is 1.95. The van der Waals surface area contributed by atoms with Crippen LogP contribution in [0.3, 0.4) is 0 Å². The maximum atomic E-state index is 12.3. The van der Waals surface area contributed by atoms with Crippen molar-refractivity contribution in [2.75, 3.05) is 25.6 Å². The van der Waals surface area contributed by atoms with E-state index in [1.165, 1.54) is 0 Å². The second kappa shape index (κ2) is 6.64. The van der Waals surface area contributed by atoms with Gasteiger partial charge in [0.1, 0.15) is 5.41 Å². The molecule has 0 bridgehead atoms. The topological polar surface area (TPSA) is 67.4 Å². The van der Waals surface area contributed by atoms with E-state index >= 15 is 0 Å². The van der Waals surface area contributed by atoms with Crippen LogP contribution in [0.4, 0.5) is 5.69 Å². The smallest absolute Gasteiger partial charge is 0.240 e. The maximum Gasteiger partial charge on any atom is 0.240 e. The van der Waals surface area contributed by atoms with E-state index in [0.29, 0.717) is 41.7 Å². The Kier molecular flexibility index (Phi) is 5.08. The van der Waals surface area contributed by atoms with E-state index in [1.54, 1.807) is 25.3 Å². The van der Waals surface area contributed by atoms with Gasteiger partial charge in [0.05, 0.1) is 17.3 Å².